The van der Waals surface area contributed by atoms with Crippen LogP contribution in [-0.2, 0) is 19.5 Å². The lowest BCUT2D eigenvalue weighted by Gasteiger charge is -2.27. The Kier molecular flexibility index (Phi) is 4.41. The lowest BCUT2D eigenvalue weighted by atomic mass is 10.0. The molecular weight excluding hydrogens is 364 g/mol. The van der Waals surface area contributed by atoms with Gasteiger partial charge in [-0.3, -0.25) is 9.69 Å². The molecular formula is C23H22N4O2. The van der Waals surface area contributed by atoms with Crippen LogP contribution in [0.2, 0.25) is 0 Å². The normalized spacial score (nSPS) is 14.1. The molecule has 0 bridgehead atoms. The fraction of sp³-hybridized carbons (Fsp3) is 0.217. The Labute approximate surface area is 168 Å². The van der Waals surface area contributed by atoms with Crippen molar-refractivity contribution in [3.63, 3.8) is 0 Å². The van der Waals surface area contributed by atoms with E-state index in [1.54, 1.807) is 7.11 Å². The van der Waals surface area contributed by atoms with E-state index in [0.29, 0.717) is 18.8 Å². The molecule has 3 heterocycles. The quantitative estimate of drug-likeness (QED) is 0.563. The second kappa shape index (κ2) is 7.22. The van der Waals surface area contributed by atoms with E-state index in [1.807, 2.05) is 42.5 Å². The molecule has 0 saturated carbocycles. The predicted octanol–water partition coefficient (Wildman–Crippen LogP) is 3.49. The summed E-state index contributed by atoms with van der Waals surface area (Å²) in [6.07, 6.45) is 2.76. The van der Waals surface area contributed by atoms with Gasteiger partial charge in [0.25, 0.3) is 5.56 Å². The number of fused-ring (bicyclic) bond motifs is 2. The number of ether oxygens (including phenoxy) is 1. The van der Waals surface area contributed by atoms with E-state index in [9.17, 15) is 4.79 Å². The summed E-state index contributed by atoms with van der Waals surface area (Å²) in [4.78, 5) is 26.0. The van der Waals surface area contributed by atoms with Gasteiger partial charge in [0.15, 0.2) is 0 Å². The van der Waals surface area contributed by atoms with E-state index in [1.165, 1.54) is 10.9 Å². The Morgan fingerprint density at radius 3 is 2.86 bits per heavy atom. The van der Waals surface area contributed by atoms with E-state index in [0.717, 1.165) is 41.2 Å². The third-order valence-corrected chi connectivity index (χ3v) is 5.57. The highest BCUT2D eigenvalue weighted by atomic mass is 16.5. The zero-order valence-electron chi connectivity index (χ0n) is 16.2. The number of aromatic nitrogens is 3. The van der Waals surface area contributed by atoms with Gasteiger partial charge in [0, 0.05) is 47.9 Å². The van der Waals surface area contributed by atoms with Crippen LogP contribution >= 0.6 is 0 Å². The fourth-order valence-electron chi connectivity index (χ4n) is 4.02. The van der Waals surface area contributed by atoms with Crippen molar-refractivity contribution in [2.24, 2.45) is 0 Å². The zero-order chi connectivity index (χ0) is 19.8. The summed E-state index contributed by atoms with van der Waals surface area (Å²) < 4.78 is 5.38. The van der Waals surface area contributed by atoms with Gasteiger partial charge in [-0.2, -0.15) is 0 Å². The van der Waals surface area contributed by atoms with Gasteiger partial charge in [-0.1, -0.05) is 30.3 Å². The number of hydrogen-bond donors (Lipinski definition) is 2. The molecule has 2 aromatic heterocycles. The van der Waals surface area contributed by atoms with Gasteiger partial charge in [-0.05, 0) is 30.2 Å². The molecule has 0 spiro atoms. The monoisotopic (exact) mass is 386 g/mol. The van der Waals surface area contributed by atoms with Crippen molar-refractivity contribution in [2.45, 2.75) is 19.5 Å². The first-order chi connectivity index (χ1) is 14.2. The summed E-state index contributed by atoms with van der Waals surface area (Å²) in [5.41, 5.74) is 4.89. The molecule has 0 fully saturated rings. The van der Waals surface area contributed by atoms with Gasteiger partial charge in [-0.25, -0.2) is 4.98 Å². The molecule has 2 N–H and O–H groups in total. The highest BCUT2D eigenvalue weighted by Crippen LogP contribution is 2.26. The summed E-state index contributed by atoms with van der Waals surface area (Å²) in [6.45, 7) is 2.29. The van der Waals surface area contributed by atoms with Crippen LogP contribution in [-0.4, -0.2) is 33.5 Å². The predicted molar refractivity (Wildman–Crippen MR) is 113 cm³/mol. The Morgan fingerprint density at radius 2 is 2.03 bits per heavy atom. The van der Waals surface area contributed by atoms with Crippen molar-refractivity contribution in [2.75, 3.05) is 13.7 Å². The average molecular weight is 386 g/mol. The SMILES string of the molecule is COc1ccc2[nH]cc(CN3CCc4c(nc(-c5ccccc5)[nH]c4=O)C3)c2c1. The molecule has 2 aromatic carbocycles. The molecule has 0 unspecified atom stereocenters. The third kappa shape index (κ3) is 3.32. The lowest BCUT2D eigenvalue weighted by molar-refractivity contribution is 0.241. The van der Waals surface area contributed by atoms with E-state index >= 15 is 0 Å². The zero-order valence-corrected chi connectivity index (χ0v) is 16.2. The maximum atomic E-state index is 12.6. The number of nitrogens with one attached hydrogen (secondary N) is 2. The van der Waals surface area contributed by atoms with Crippen molar-refractivity contribution in [1.29, 1.82) is 0 Å². The highest BCUT2D eigenvalue weighted by molar-refractivity contribution is 5.84. The molecule has 0 saturated heterocycles. The molecule has 1 aliphatic heterocycles. The molecule has 1 aliphatic rings. The van der Waals surface area contributed by atoms with Gasteiger partial charge in [0.2, 0.25) is 0 Å². The van der Waals surface area contributed by atoms with Crippen LogP contribution in [0.15, 0.2) is 59.5 Å². The van der Waals surface area contributed by atoms with Gasteiger partial charge in [-0.15, -0.1) is 0 Å². The Balaban J connectivity index is 1.44. The summed E-state index contributed by atoms with van der Waals surface area (Å²) in [5.74, 6) is 1.48. The van der Waals surface area contributed by atoms with Crippen molar-refractivity contribution in [3.8, 4) is 17.1 Å². The summed E-state index contributed by atoms with van der Waals surface area (Å²) >= 11 is 0. The Morgan fingerprint density at radius 1 is 1.17 bits per heavy atom. The molecule has 5 rings (SSSR count). The van der Waals surface area contributed by atoms with Crippen LogP contribution < -0.4 is 10.3 Å². The molecule has 0 aliphatic carbocycles. The highest BCUT2D eigenvalue weighted by Gasteiger charge is 2.22. The van der Waals surface area contributed by atoms with Gasteiger partial charge in [0.1, 0.15) is 11.6 Å². The second-order valence-corrected chi connectivity index (χ2v) is 7.39. The molecule has 146 valence electrons. The van der Waals surface area contributed by atoms with Gasteiger partial charge < -0.3 is 14.7 Å². The largest absolute Gasteiger partial charge is 0.497 e. The molecule has 4 aromatic rings. The van der Waals surface area contributed by atoms with Crippen LogP contribution in [0.3, 0.4) is 0 Å². The first-order valence-electron chi connectivity index (χ1n) is 9.75. The third-order valence-electron chi connectivity index (χ3n) is 5.57. The van der Waals surface area contributed by atoms with Crippen LogP contribution in [0.1, 0.15) is 16.8 Å². The lowest BCUT2D eigenvalue weighted by Crippen LogP contribution is -2.35. The van der Waals surface area contributed by atoms with Crippen LogP contribution in [0.25, 0.3) is 22.3 Å². The Bertz CT molecular complexity index is 1230. The first-order valence-corrected chi connectivity index (χ1v) is 9.75. The number of rotatable bonds is 4. The minimum atomic E-state index is -0.0228. The number of hydrogen-bond acceptors (Lipinski definition) is 4. The minimum Gasteiger partial charge on any atom is -0.497 e. The van der Waals surface area contributed by atoms with Crippen LogP contribution in [0.4, 0.5) is 0 Å². The molecule has 0 amide bonds. The maximum absolute atomic E-state index is 12.6. The van der Waals surface area contributed by atoms with Crippen LogP contribution in [0.5, 0.6) is 5.75 Å². The standard InChI is InChI=1S/C23H22N4O2/c1-29-17-7-8-20-19(11-17)16(12-24-20)13-27-10-9-18-21(14-27)25-22(26-23(18)28)15-5-3-2-4-6-15/h2-8,11-12,24H,9-10,13-14H2,1H3,(H,25,26,28). The second-order valence-electron chi connectivity index (χ2n) is 7.39. The summed E-state index contributed by atoms with van der Waals surface area (Å²) in [5, 5.41) is 1.17. The van der Waals surface area contributed by atoms with E-state index in [4.69, 9.17) is 9.72 Å². The summed E-state index contributed by atoms with van der Waals surface area (Å²) in [6, 6.07) is 15.8. The molecule has 0 radical (unpaired) electrons. The maximum Gasteiger partial charge on any atom is 0.254 e. The minimum absolute atomic E-state index is 0.0228. The van der Waals surface area contributed by atoms with Crippen molar-refractivity contribution < 1.29 is 4.74 Å². The molecule has 0 atom stereocenters. The van der Waals surface area contributed by atoms with E-state index in [2.05, 4.69) is 27.1 Å². The molecule has 6 heteroatoms. The van der Waals surface area contributed by atoms with Crippen molar-refractivity contribution >= 4 is 10.9 Å². The number of benzene rings is 2. The number of nitrogens with zero attached hydrogens (tertiary/aromatic N) is 2. The topological polar surface area (TPSA) is 74.0 Å². The fourth-order valence-corrected chi connectivity index (χ4v) is 4.02. The van der Waals surface area contributed by atoms with E-state index < -0.39 is 0 Å². The van der Waals surface area contributed by atoms with Crippen LogP contribution in [0, 0.1) is 0 Å². The Hall–Kier alpha value is -3.38. The summed E-state index contributed by atoms with van der Waals surface area (Å²) in [7, 11) is 1.68. The number of aromatic amines is 2. The number of methoxy groups -OCH3 is 1. The van der Waals surface area contributed by atoms with E-state index in [-0.39, 0.29) is 5.56 Å². The van der Waals surface area contributed by atoms with Gasteiger partial charge in [0.05, 0.1) is 12.8 Å². The molecule has 29 heavy (non-hydrogen) atoms. The van der Waals surface area contributed by atoms with Crippen molar-refractivity contribution in [3.05, 3.63) is 81.9 Å². The van der Waals surface area contributed by atoms with Crippen molar-refractivity contribution in [1.82, 2.24) is 19.9 Å². The average Bonchev–Trinajstić information content (AvgIpc) is 3.16. The van der Waals surface area contributed by atoms with Gasteiger partial charge >= 0.3 is 0 Å². The first kappa shape index (κ1) is 17.7. The molecule has 6 nitrogen and oxygen atoms in total. The smallest absolute Gasteiger partial charge is 0.254 e. The number of H-pyrrole nitrogens is 2.